The van der Waals surface area contributed by atoms with E-state index in [2.05, 4.69) is 5.32 Å². The van der Waals surface area contributed by atoms with Crippen molar-refractivity contribution in [3.8, 4) is 0 Å². The summed E-state index contributed by atoms with van der Waals surface area (Å²) in [7, 11) is 0. The molecular formula is C13H21NO3. The van der Waals surface area contributed by atoms with E-state index in [1.807, 2.05) is 32.9 Å². The molecule has 0 unspecified atom stereocenters. The average molecular weight is 239 g/mol. The normalized spacial score (nSPS) is 24.9. The molecule has 17 heavy (non-hydrogen) atoms. The first-order chi connectivity index (χ1) is 7.92. The molecule has 4 heteroatoms. The van der Waals surface area contributed by atoms with Crippen LogP contribution in [0.25, 0.3) is 0 Å². The predicted octanol–water partition coefficient (Wildman–Crippen LogP) is 2.43. The van der Waals surface area contributed by atoms with Gasteiger partial charge in [0.05, 0.1) is 6.04 Å². The van der Waals surface area contributed by atoms with Crippen molar-refractivity contribution in [2.75, 3.05) is 0 Å². The standard InChI is InChI=1S/C13H21NO3/c1-13(2,3)17-12(16)14-11-8-6-4-5-7-10(11)9-15/h6,8-11H,4-5,7H2,1-3H3,(H,14,16)/t10-,11-/m0/s1. The van der Waals surface area contributed by atoms with Gasteiger partial charge in [-0.3, -0.25) is 0 Å². The maximum Gasteiger partial charge on any atom is 0.408 e. The highest BCUT2D eigenvalue weighted by atomic mass is 16.6. The Morgan fingerprint density at radius 3 is 2.76 bits per heavy atom. The molecule has 0 radical (unpaired) electrons. The molecule has 1 N–H and O–H groups in total. The van der Waals surface area contributed by atoms with Crippen LogP contribution < -0.4 is 5.32 Å². The van der Waals surface area contributed by atoms with Crippen LogP contribution in [0, 0.1) is 5.92 Å². The van der Waals surface area contributed by atoms with Gasteiger partial charge < -0.3 is 14.8 Å². The van der Waals surface area contributed by atoms with Gasteiger partial charge in [0.25, 0.3) is 0 Å². The van der Waals surface area contributed by atoms with Crippen molar-refractivity contribution in [1.29, 1.82) is 0 Å². The molecule has 0 fully saturated rings. The topological polar surface area (TPSA) is 55.4 Å². The number of hydrogen-bond donors (Lipinski definition) is 1. The molecule has 2 atom stereocenters. The van der Waals surface area contributed by atoms with Gasteiger partial charge in [-0.2, -0.15) is 0 Å². The number of ether oxygens (including phenoxy) is 1. The monoisotopic (exact) mass is 239 g/mol. The Balaban J connectivity index is 2.58. The van der Waals surface area contributed by atoms with Gasteiger partial charge in [-0.05, 0) is 40.0 Å². The summed E-state index contributed by atoms with van der Waals surface area (Å²) in [6, 6.07) is -0.246. The number of alkyl carbamates (subject to hydrolysis) is 1. The highest BCUT2D eigenvalue weighted by Crippen LogP contribution is 2.17. The second-order valence-corrected chi connectivity index (χ2v) is 5.33. The molecule has 0 aliphatic heterocycles. The van der Waals surface area contributed by atoms with E-state index < -0.39 is 11.7 Å². The summed E-state index contributed by atoms with van der Waals surface area (Å²) in [5.74, 6) is -0.152. The highest BCUT2D eigenvalue weighted by molar-refractivity contribution is 5.69. The number of hydrogen-bond acceptors (Lipinski definition) is 3. The minimum atomic E-state index is -0.519. The fourth-order valence-corrected chi connectivity index (χ4v) is 1.79. The summed E-state index contributed by atoms with van der Waals surface area (Å²) < 4.78 is 5.17. The molecule has 0 aromatic carbocycles. The lowest BCUT2D eigenvalue weighted by atomic mass is 9.98. The van der Waals surface area contributed by atoms with Crippen molar-refractivity contribution in [1.82, 2.24) is 5.32 Å². The molecular weight excluding hydrogens is 218 g/mol. The Hall–Kier alpha value is -1.32. The molecule has 1 aliphatic carbocycles. The van der Waals surface area contributed by atoms with Gasteiger partial charge in [-0.1, -0.05) is 12.2 Å². The van der Waals surface area contributed by atoms with Gasteiger partial charge in [-0.15, -0.1) is 0 Å². The third-order valence-corrected chi connectivity index (χ3v) is 2.57. The second kappa shape index (κ2) is 5.84. The Kier molecular flexibility index (Phi) is 4.73. The molecule has 1 amide bonds. The van der Waals surface area contributed by atoms with Crippen LogP contribution in [0.5, 0.6) is 0 Å². The van der Waals surface area contributed by atoms with E-state index in [0.717, 1.165) is 25.5 Å². The van der Waals surface area contributed by atoms with Gasteiger partial charge in [0.2, 0.25) is 0 Å². The largest absolute Gasteiger partial charge is 0.444 e. The average Bonchev–Trinajstić information content (AvgIpc) is 2.39. The number of carbonyl (C=O) groups is 2. The first kappa shape index (κ1) is 13.7. The molecule has 0 bridgehead atoms. The lowest BCUT2D eigenvalue weighted by molar-refractivity contribution is -0.111. The summed E-state index contributed by atoms with van der Waals surface area (Å²) in [4.78, 5) is 22.6. The molecule has 1 rings (SSSR count). The molecule has 4 nitrogen and oxygen atoms in total. The van der Waals surface area contributed by atoms with E-state index in [1.54, 1.807) is 0 Å². The van der Waals surface area contributed by atoms with Crippen molar-refractivity contribution >= 4 is 12.4 Å². The van der Waals surface area contributed by atoms with Crippen LogP contribution in [0.2, 0.25) is 0 Å². The van der Waals surface area contributed by atoms with Gasteiger partial charge in [0.15, 0.2) is 0 Å². The van der Waals surface area contributed by atoms with Crippen LogP contribution in [-0.4, -0.2) is 24.0 Å². The quantitative estimate of drug-likeness (QED) is 0.595. The molecule has 0 heterocycles. The smallest absolute Gasteiger partial charge is 0.408 e. The Bertz CT molecular complexity index is 304. The third kappa shape index (κ3) is 5.02. The number of carbonyl (C=O) groups excluding carboxylic acids is 2. The van der Waals surface area contributed by atoms with E-state index in [0.29, 0.717) is 0 Å². The van der Waals surface area contributed by atoms with Crippen LogP contribution >= 0.6 is 0 Å². The fourth-order valence-electron chi connectivity index (χ4n) is 1.79. The van der Waals surface area contributed by atoms with Gasteiger partial charge in [0, 0.05) is 5.92 Å². The van der Waals surface area contributed by atoms with E-state index in [4.69, 9.17) is 4.74 Å². The molecule has 96 valence electrons. The van der Waals surface area contributed by atoms with Crippen LogP contribution in [0.1, 0.15) is 40.0 Å². The van der Waals surface area contributed by atoms with Crippen molar-refractivity contribution in [2.24, 2.45) is 5.92 Å². The van der Waals surface area contributed by atoms with E-state index in [1.165, 1.54) is 0 Å². The second-order valence-electron chi connectivity index (χ2n) is 5.33. The molecule has 0 aromatic rings. The number of nitrogens with one attached hydrogen (secondary N) is 1. The van der Waals surface area contributed by atoms with Crippen LogP contribution in [-0.2, 0) is 9.53 Å². The molecule has 1 aliphatic rings. The zero-order chi connectivity index (χ0) is 12.9. The summed E-state index contributed by atoms with van der Waals surface area (Å²) >= 11 is 0. The number of allylic oxidation sites excluding steroid dienone is 1. The maximum absolute atomic E-state index is 11.6. The third-order valence-electron chi connectivity index (χ3n) is 2.57. The fraction of sp³-hybridized carbons (Fsp3) is 0.692. The van der Waals surface area contributed by atoms with Crippen molar-refractivity contribution in [3.63, 3.8) is 0 Å². The predicted molar refractivity (Wildman–Crippen MR) is 65.7 cm³/mol. The highest BCUT2D eigenvalue weighted by Gasteiger charge is 2.24. The minimum absolute atomic E-state index is 0.152. The Labute approximate surface area is 102 Å². The number of rotatable bonds is 2. The molecule has 0 saturated carbocycles. The van der Waals surface area contributed by atoms with Crippen LogP contribution in [0.15, 0.2) is 12.2 Å². The van der Waals surface area contributed by atoms with Crippen LogP contribution in [0.3, 0.4) is 0 Å². The maximum atomic E-state index is 11.6. The van der Waals surface area contributed by atoms with E-state index >= 15 is 0 Å². The zero-order valence-electron chi connectivity index (χ0n) is 10.7. The first-order valence-electron chi connectivity index (χ1n) is 6.04. The van der Waals surface area contributed by atoms with Gasteiger partial charge in [0.1, 0.15) is 11.9 Å². The summed E-state index contributed by atoms with van der Waals surface area (Å²) in [5.41, 5.74) is -0.519. The Morgan fingerprint density at radius 2 is 2.18 bits per heavy atom. The minimum Gasteiger partial charge on any atom is -0.444 e. The Morgan fingerprint density at radius 1 is 1.47 bits per heavy atom. The van der Waals surface area contributed by atoms with Crippen molar-refractivity contribution in [2.45, 2.75) is 51.7 Å². The number of aldehydes is 1. The van der Waals surface area contributed by atoms with Crippen LogP contribution in [0.4, 0.5) is 4.79 Å². The van der Waals surface area contributed by atoms with E-state index in [9.17, 15) is 9.59 Å². The number of amides is 1. The van der Waals surface area contributed by atoms with Gasteiger partial charge >= 0.3 is 6.09 Å². The lowest BCUT2D eigenvalue weighted by Gasteiger charge is -2.24. The van der Waals surface area contributed by atoms with Gasteiger partial charge in [-0.25, -0.2) is 4.79 Å². The van der Waals surface area contributed by atoms with Crippen molar-refractivity contribution < 1.29 is 14.3 Å². The molecule has 0 spiro atoms. The van der Waals surface area contributed by atoms with Crippen molar-refractivity contribution in [3.05, 3.63) is 12.2 Å². The molecule has 0 saturated heterocycles. The summed E-state index contributed by atoms with van der Waals surface area (Å²) in [6.45, 7) is 5.44. The SMILES string of the molecule is CC(C)(C)OC(=O)N[C@H]1C=CCCC[C@H]1C=O. The molecule has 0 aromatic heterocycles. The first-order valence-corrected chi connectivity index (χ1v) is 6.04. The van der Waals surface area contributed by atoms with E-state index in [-0.39, 0.29) is 12.0 Å². The lowest BCUT2D eigenvalue weighted by Crippen LogP contribution is -2.42. The summed E-state index contributed by atoms with van der Waals surface area (Å²) in [5, 5.41) is 2.74. The summed E-state index contributed by atoms with van der Waals surface area (Å²) in [6.07, 6.45) is 7.07. The zero-order valence-corrected chi connectivity index (χ0v) is 10.7.